The van der Waals surface area contributed by atoms with Crippen LogP contribution >= 0.6 is 11.8 Å². The molecule has 0 aromatic heterocycles. The maximum absolute atomic E-state index is 11.9. The van der Waals surface area contributed by atoms with Gasteiger partial charge in [0.1, 0.15) is 33.1 Å². The number of amides is 1. The summed E-state index contributed by atoms with van der Waals surface area (Å²) < 4.78 is 0. The van der Waals surface area contributed by atoms with Crippen LogP contribution in [0.5, 0.6) is 0 Å². The number of carbonyl (C=O) groups excluding carboxylic acids is 1. The molecule has 0 saturated heterocycles. The van der Waals surface area contributed by atoms with Crippen molar-refractivity contribution in [2.75, 3.05) is 0 Å². The van der Waals surface area contributed by atoms with Crippen LogP contribution in [-0.2, 0) is 4.79 Å². The van der Waals surface area contributed by atoms with Crippen LogP contribution in [0.1, 0.15) is 23.7 Å². The molecule has 0 bridgehead atoms. The van der Waals surface area contributed by atoms with E-state index in [0.29, 0.717) is 18.4 Å². The topological polar surface area (TPSA) is 123 Å². The van der Waals surface area contributed by atoms with Gasteiger partial charge in [0.2, 0.25) is 5.91 Å². The molecule has 1 aromatic rings. The molecular formula is C17H14N4O2S. The van der Waals surface area contributed by atoms with Gasteiger partial charge in [-0.05, 0) is 18.4 Å². The van der Waals surface area contributed by atoms with Gasteiger partial charge in [-0.3, -0.25) is 9.79 Å². The average molecular weight is 338 g/mol. The second kappa shape index (κ2) is 6.03. The molecule has 1 aromatic carbocycles. The molecule has 0 spiro atoms. The lowest BCUT2D eigenvalue weighted by Gasteiger charge is -2.44. The summed E-state index contributed by atoms with van der Waals surface area (Å²) in [6.07, 6.45) is 1.14. The number of carbonyl (C=O) groups is 1. The SMILES string of the molecule is N#CC1=C(O)C2(C#N)CCC2N=C1SC(C(N)=O)c1ccccc1. The van der Waals surface area contributed by atoms with Gasteiger partial charge in [-0.2, -0.15) is 10.5 Å². The van der Waals surface area contributed by atoms with E-state index in [1.165, 1.54) is 0 Å². The predicted molar refractivity (Wildman–Crippen MR) is 89.7 cm³/mol. The Morgan fingerprint density at radius 3 is 2.62 bits per heavy atom. The van der Waals surface area contributed by atoms with E-state index in [-0.39, 0.29) is 22.4 Å². The third kappa shape index (κ3) is 2.34. The highest BCUT2D eigenvalue weighted by atomic mass is 32.2. The highest BCUT2D eigenvalue weighted by molar-refractivity contribution is 8.15. The fourth-order valence-electron chi connectivity index (χ4n) is 2.95. The van der Waals surface area contributed by atoms with Crippen molar-refractivity contribution < 1.29 is 9.90 Å². The summed E-state index contributed by atoms with van der Waals surface area (Å²) in [5, 5.41) is 28.8. The van der Waals surface area contributed by atoms with Crippen LogP contribution in [0.4, 0.5) is 0 Å². The summed E-state index contributed by atoms with van der Waals surface area (Å²) in [6, 6.07) is 12.6. The molecule has 3 unspecified atom stereocenters. The van der Waals surface area contributed by atoms with Crippen molar-refractivity contribution in [1.82, 2.24) is 0 Å². The van der Waals surface area contributed by atoms with Crippen molar-refractivity contribution in [1.29, 1.82) is 10.5 Å². The first-order valence-corrected chi connectivity index (χ1v) is 8.25. The van der Waals surface area contributed by atoms with Gasteiger partial charge in [0.05, 0.1) is 12.1 Å². The number of thioether (sulfide) groups is 1. The second-order valence-electron chi connectivity index (χ2n) is 5.72. The molecule has 3 atom stereocenters. The van der Waals surface area contributed by atoms with Crippen molar-refractivity contribution in [3.8, 4) is 12.1 Å². The molecule has 1 saturated carbocycles. The number of hydrogen-bond acceptors (Lipinski definition) is 6. The molecule has 3 rings (SSSR count). The first kappa shape index (κ1) is 16.1. The van der Waals surface area contributed by atoms with Crippen molar-refractivity contribution in [2.24, 2.45) is 16.1 Å². The van der Waals surface area contributed by atoms with Crippen molar-refractivity contribution in [3.05, 3.63) is 47.2 Å². The molecule has 1 aliphatic heterocycles. The highest BCUT2D eigenvalue weighted by Crippen LogP contribution is 2.52. The zero-order valence-corrected chi connectivity index (χ0v) is 13.5. The number of nitrogens with zero attached hydrogens (tertiary/aromatic N) is 3. The number of benzene rings is 1. The van der Waals surface area contributed by atoms with Gasteiger partial charge in [0.25, 0.3) is 0 Å². The van der Waals surface area contributed by atoms with E-state index >= 15 is 0 Å². The first-order valence-electron chi connectivity index (χ1n) is 7.37. The van der Waals surface area contributed by atoms with Gasteiger partial charge >= 0.3 is 0 Å². The van der Waals surface area contributed by atoms with Crippen LogP contribution < -0.4 is 5.73 Å². The molecule has 6 nitrogen and oxygen atoms in total. The molecule has 1 fully saturated rings. The molecule has 120 valence electrons. The number of aliphatic hydroxyl groups is 1. The largest absolute Gasteiger partial charge is 0.509 e. The van der Waals surface area contributed by atoms with Crippen LogP contribution in [0.25, 0.3) is 0 Å². The van der Waals surface area contributed by atoms with E-state index in [1.54, 1.807) is 24.3 Å². The first-order chi connectivity index (χ1) is 11.5. The van der Waals surface area contributed by atoms with E-state index in [2.05, 4.69) is 11.1 Å². The number of rotatable bonds is 3. The smallest absolute Gasteiger partial charge is 0.235 e. The number of aliphatic imine (C=N–C) groups is 1. The Hall–Kier alpha value is -2.77. The predicted octanol–water partition coefficient (Wildman–Crippen LogP) is 2.37. The standard InChI is InChI=1S/C17H14N4O2S/c18-8-11-14(22)17(9-19)7-6-12(17)21-16(11)24-13(15(20)23)10-4-2-1-3-5-10/h1-5,12-13,22H,6-7H2,(H2,20,23). The summed E-state index contributed by atoms with van der Waals surface area (Å²) >= 11 is 1.04. The number of nitrogens with two attached hydrogens (primary N) is 1. The van der Waals surface area contributed by atoms with Gasteiger partial charge in [0.15, 0.2) is 0 Å². The summed E-state index contributed by atoms with van der Waals surface area (Å²) in [6.45, 7) is 0. The van der Waals surface area contributed by atoms with E-state index in [1.807, 2.05) is 12.1 Å². The van der Waals surface area contributed by atoms with Gasteiger partial charge in [-0.1, -0.05) is 42.1 Å². The van der Waals surface area contributed by atoms with E-state index in [4.69, 9.17) is 5.73 Å². The number of dihydropyridines is 1. The molecule has 1 aliphatic carbocycles. The summed E-state index contributed by atoms with van der Waals surface area (Å²) in [5.41, 5.74) is 5.07. The highest BCUT2D eigenvalue weighted by Gasteiger charge is 2.55. The summed E-state index contributed by atoms with van der Waals surface area (Å²) in [5.74, 6) is -0.797. The molecule has 1 amide bonds. The third-order valence-corrected chi connectivity index (χ3v) is 5.70. The minimum Gasteiger partial charge on any atom is -0.509 e. The van der Waals surface area contributed by atoms with Gasteiger partial charge in [0, 0.05) is 0 Å². The van der Waals surface area contributed by atoms with Crippen LogP contribution in [0.3, 0.4) is 0 Å². The molecular weight excluding hydrogens is 324 g/mol. The van der Waals surface area contributed by atoms with Gasteiger partial charge in [-0.25, -0.2) is 0 Å². The molecule has 24 heavy (non-hydrogen) atoms. The monoisotopic (exact) mass is 338 g/mol. The lowest BCUT2D eigenvalue weighted by Crippen LogP contribution is -2.47. The van der Waals surface area contributed by atoms with Crippen LogP contribution in [0.15, 0.2) is 46.7 Å². The van der Waals surface area contributed by atoms with Crippen LogP contribution in [0.2, 0.25) is 0 Å². The average Bonchev–Trinajstić information content (AvgIpc) is 2.56. The lowest BCUT2D eigenvalue weighted by atomic mass is 9.62. The minimum absolute atomic E-state index is 0.0420. The normalized spacial score (nSPS) is 26.2. The Bertz CT molecular complexity index is 834. The Morgan fingerprint density at radius 1 is 1.42 bits per heavy atom. The Labute approximate surface area is 143 Å². The molecule has 1 heterocycles. The Balaban J connectivity index is 1.98. The Kier molecular flexibility index (Phi) is 4.04. The molecule has 2 aliphatic rings. The third-order valence-electron chi connectivity index (χ3n) is 4.43. The molecule has 3 N–H and O–H groups in total. The van der Waals surface area contributed by atoms with Gasteiger partial charge in [-0.15, -0.1) is 0 Å². The number of hydrogen-bond donors (Lipinski definition) is 2. The van der Waals surface area contributed by atoms with Crippen molar-refractivity contribution in [3.63, 3.8) is 0 Å². The maximum Gasteiger partial charge on any atom is 0.235 e. The minimum atomic E-state index is -1.09. The number of aliphatic hydroxyl groups excluding tert-OH is 1. The van der Waals surface area contributed by atoms with Crippen molar-refractivity contribution in [2.45, 2.75) is 24.1 Å². The number of fused-ring (bicyclic) bond motifs is 1. The zero-order valence-electron chi connectivity index (χ0n) is 12.6. The fraction of sp³-hybridized carbons (Fsp3) is 0.294. The van der Waals surface area contributed by atoms with Crippen molar-refractivity contribution >= 4 is 22.7 Å². The van der Waals surface area contributed by atoms with E-state index in [9.17, 15) is 20.4 Å². The fourth-order valence-corrected chi connectivity index (χ4v) is 4.03. The van der Waals surface area contributed by atoms with Gasteiger partial charge < -0.3 is 10.8 Å². The maximum atomic E-state index is 11.9. The molecule has 7 heteroatoms. The molecule has 0 radical (unpaired) electrons. The lowest BCUT2D eigenvalue weighted by molar-refractivity contribution is -0.117. The van der Waals surface area contributed by atoms with Crippen LogP contribution in [-0.4, -0.2) is 22.1 Å². The summed E-state index contributed by atoms with van der Waals surface area (Å²) in [4.78, 5) is 16.3. The second-order valence-corrected chi connectivity index (χ2v) is 6.81. The van der Waals surface area contributed by atoms with E-state index < -0.39 is 16.6 Å². The zero-order chi connectivity index (χ0) is 17.3. The quantitative estimate of drug-likeness (QED) is 0.875. The number of primary amides is 1. The Morgan fingerprint density at radius 2 is 2.12 bits per heavy atom. The van der Waals surface area contributed by atoms with E-state index in [0.717, 1.165) is 11.8 Å². The summed E-state index contributed by atoms with van der Waals surface area (Å²) in [7, 11) is 0. The number of nitriles is 2. The van der Waals surface area contributed by atoms with Crippen LogP contribution in [0, 0.1) is 28.1 Å².